The van der Waals surface area contributed by atoms with Crippen LogP contribution in [0.25, 0.3) is 0 Å². The van der Waals surface area contributed by atoms with Gasteiger partial charge in [-0.25, -0.2) is 4.99 Å². The largest absolute Gasteiger partial charge is 0.471 e. The van der Waals surface area contributed by atoms with E-state index >= 15 is 0 Å². The highest BCUT2D eigenvalue weighted by Gasteiger charge is 2.41. The van der Waals surface area contributed by atoms with Gasteiger partial charge in [-0.05, 0) is 0 Å². The van der Waals surface area contributed by atoms with E-state index < -0.39 is 24.4 Å². The molecule has 6 nitrogen and oxygen atoms in total. The fraction of sp³-hybridized carbons (Fsp3) is 0.875. The lowest BCUT2D eigenvalue weighted by molar-refractivity contribution is -0.190. The molecule has 0 aromatic carbocycles. The first kappa shape index (κ1) is 9.85. The summed E-state index contributed by atoms with van der Waals surface area (Å²) in [6.45, 7) is 0.293. The molecule has 0 spiro atoms. The van der Waals surface area contributed by atoms with Gasteiger partial charge in [0.05, 0.1) is 13.2 Å². The zero-order valence-corrected chi connectivity index (χ0v) is 7.54. The Labute approximate surface area is 80.8 Å². The van der Waals surface area contributed by atoms with Crippen LogP contribution >= 0.6 is 0 Å². The minimum Gasteiger partial charge on any atom is -0.471 e. The first-order chi connectivity index (χ1) is 6.72. The molecule has 6 heteroatoms. The van der Waals surface area contributed by atoms with Crippen LogP contribution in [0.1, 0.15) is 0 Å². The highest BCUT2D eigenvalue weighted by Crippen LogP contribution is 2.20. The maximum absolute atomic E-state index is 9.65. The molecule has 4 atom stereocenters. The molecular weight excluding hydrogens is 190 g/mol. The quantitative estimate of drug-likeness (QED) is 0.478. The third-order valence-corrected chi connectivity index (χ3v) is 2.32. The second-order valence-corrected chi connectivity index (χ2v) is 3.40. The zero-order valence-electron chi connectivity index (χ0n) is 7.54. The maximum atomic E-state index is 9.65. The zero-order chi connectivity index (χ0) is 10.1. The van der Waals surface area contributed by atoms with Crippen molar-refractivity contribution in [2.45, 2.75) is 24.4 Å². The third kappa shape index (κ3) is 1.88. The molecule has 2 heterocycles. The fourth-order valence-corrected chi connectivity index (χ4v) is 1.43. The predicted molar refractivity (Wildman–Crippen MR) is 46.0 cm³/mol. The van der Waals surface area contributed by atoms with E-state index in [4.69, 9.17) is 14.6 Å². The van der Waals surface area contributed by atoms with Crippen LogP contribution in [0.4, 0.5) is 0 Å². The number of aliphatic imine (C=N–C) groups is 1. The van der Waals surface area contributed by atoms with Gasteiger partial charge in [0.1, 0.15) is 24.9 Å². The molecule has 0 aromatic rings. The molecule has 0 unspecified atom stereocenters. The minimum atomic E-state index is -1.02. The topological polar surface area (TPSA) is 91.5 Å². The molecule has 14 heavy (non-hydrogen) atoms. The minimum absolute atomic E-state index is 0.0558. The molecule has 0 saturated carbocycles. The number of rotatable bonds is 2. The van der Waals surface area contributed by atoms with Gasteiger partial charge in [-0.1, -0.05) is 0 Å². The summed E-state index contributed by atoms with van der Waals surface area (Å²) in [4.78, 5) is 3.79. The van der Waals surface area contributed by atoms with Crippen molar-refractivity contribution in [3.63, 3.8) is 0 Å². The Bertz CT molecular complexity index is 244. The molecule has 0 radical (unpaired) electrons. The van der Waals surface area contributed by atoms with E-state index in [9.17, 15) is 10.2 Å². The van der Waals surface area contributed by atoms with Crippen LogP contribution in [-0.2, 0) is 9.47 Å². The van der Waals surface area contributed by atoms with Gasteiger partial charge in [-0.2, -0.15) is 0 Å². The summed E-state index contributed by atoms with van der Waals surface area (Å²) in [5.74, 6) is 0.534. The van der Waals surface area contributed by atoms with E-state index in [0.717, 1.165) is 0 Å². The molecule has 0 amide bonds. The first-order valence-corrected chi connectivity index (χ1v) is 4.51. The van der Waals surface area contributed by atoms with E-state index in [1.807, 2.05) is 0 Å². The standard InChI is InChI=1S/C8H13NO5/c10-2-5-7(12)8(4(11)3-13-5)14-6-1-9-6/h4-5,7-8,10-12H,1-3H2/t4-,5-,7-,8-/m1/s1. The number of aliphatic hydroxyl groups is 3. The van der Waals surface area contributed by atoms with E-state index in [2.05, 4.69) is 4.99 Å². The molecule has 2 aliphatic rings. The Morgan fingerprint density at radius 2 is 2.21 bits per heavy atom. The van der Waals surface area contributed by atoms with Crippen molar-refractivity contribution >= 4 is 5.90 Å². The fourth-order valence-electron chi connectivity index (χ4n) is 1.43. The molecule has 80 valence electrons. The lowest BCUT2D eigenvalue weighted by atomic mass is 10.0. The van der Waals surface area contributed by atoms with Crippen molar-refractivity contribution in [2.24, 2.45) is 4.99 Å². The van der Waals surface area contributed by atoms with Crippen molar-refractivity contribution in [3.8, 4) is 0 Å². The first-order valence-electron chi connectivity index (χ1n) is 4.51. The monoisotopic (exact) mass is 203 g/mol. The van der Waals surface area contributed by atoms with E-state index in [1.165, 1.54) is 0 Å². The Kier molecular flexibility index (Phi) is 2.69. The second-order valence-electron chi connectivity index (χ2n) is 3.40. The van der Waals surface area contributed by atoms with Gasteiger partial charge in [0.15, 0.2) is 6.10 Å². The third-order valence-electron chi connectivity index (χ3n) is 2.32. The van der Waals surface area contributed by atoms with Crippen LogP contribution in [0, 0.1) is 0 Å². The number of aliphatic hydroxyl groups excluding tert-OH is 3. The molecule has 1 saturated heterocycles. The summed E-state index contributed by atoms with van der Waals surface area (Å²) in [6.07, 6.45) is -3.34. The highest BCUT2D eigenvalue weighted by atomic mass is 16.6. The highest BCUT2D eigenvalue weighted by molar-refractivity contribution is 5.89. The Balaban J connectivity index is 1.98. The van der Waals surface area contributed by atoms with Crippen LogP contribution < -0.4 is 0 Å². The molecule has 0 aliphatic carbocycles. The summed E-state index contributed by atoms with van der Waals surface area (Å²) in [5.41, 5.74) is 0. The Morgan fingerprint density at radius 1 is 1.50 bits per heavy atom. The van der Waals surface area contributed by atoms with Crippen molar-refractivity contribution in [1.82, 2.24) is 0 Å². The smallest absolute Gasteiger partial charge is 0.206 e. The number of ether oxygens (including phenoxy) is 2. The van der Waals surface area contributed by atoms with Crippen LogP contribution in [-0.4, -0.2) is 65.4 Å². The number of hydrogen-bond donors (Lipinski definition) is 3. The van der Waals surface area contributed by atoms with Crippen molar-refractivity contribution in [2.75, 3.05) is 19.8 Å². The maximum Gasteiger partial charge on any atom is 0.206 e. The molecule has 0 aromatic heterocycles. The molecular formula is C8H13NO5. The Morgan fingerprint density at radius 3 is 2.79 bits per heavy atom. The lowest BCUT2D eigenvalue weighted by Crippen LogP contribution is -2.55. The van der Waals surface area contributed by atoms with Gasteiger partial charge < -0.3 is 24.8 Å². The molecule has 2 rings (SSSR count). The second kappa shape index (κ2) is 3.82. The lowest BCUT2D eigenvalue weighted by Gasteiger charge is -2.36. The van der Waals surface area contributed by atoms with Gasteiger partial charge >= 0.3 is 0 Å². The Hall–Kier alpha value is -0.690. The summed E-state index contributed by atoms with van der Waals surface area (Å²) in [7, 11) is 0. The van der Waals surface area contributed by atoms with E-state index in [0.29, 0.717) is 12.4 Å². The van der Waals surface area contributed by atoms with Crippen LogP contribution in [0.5, 0.6) is 0 Å². The summed E-state index contributed by atoms with van der Waals surface area (Å²) in [6, 6.07) is 0. The molecule has 1 fully saturated rings. The summed E-state index contributed by atoms with van der Waals surface area (Å²) < 4.78 is 10.2. The number of hydrogen-bond acceptors (Lipinski definition) is 6. The van der Waals surface area contributed by atoms with Gasteiger partial charge in [0.25, 0.3) is 0 Å². The van der Waals surface area contributed by atoms with Gasteiger partial charge in [-0.15, -0.1) is 0 Å². The van der Waals surface area contributed by atoms with Crippen molar-refractivity contribution in [3.05, 3.63) is 0 Å². The average Bonchev–Trinajstić information content (AvgIpc) is 2.96. The normalized spacial score (nSPS) is 41.8. The van der Waals surface area contributed by atoms with Gasteiger partial charge in [0, 0.05) is 0 Å². The van der Waals surface area contributed by atoms with Gasteiger partial charge in [-0.3, -0.25) is 0 Å². The van der Waals surface area contributed by atoms with Gasteiger partial charge in [0.2, 0.25) is 5.90 Å². The molecule has 0 bridgehead atoms. The van der Waals surface area contributed by atoms with E-state index in [-0.39, 0.29) is 13.2 Å². The number of nitrogens with zero attached hydrogens (tertiary/aromatic N) is 1. The van der Waals surface area contributed by atoms with Crippen LogP contribution in [0.3, 0.4) is 0 Å². The van der Waals surface area contributed by atoms with Crippen LogP contribution in [0.2, 0.25) is 0 Å². The molecule has 2 aliphatic heterocycles. The predicted octanol–water partition coefficient (Wildman–Crippen LogP) is -2.10. The summed E-state index contributed by atoms with van der Waals surface area (Å²) >= 11 is 0. The van der Waals surface area contributed by atoms with Crippen LogP contribution in [0.15, 0.2) is 4.99 Å². The van der Waals surface area contributed by atoms with Crippen molar-refractivity contribution in [1.29, 1.82) is 0 Å². The average molecular weight is 203 g/mol. The molecule has 3 N–H and O–H groups in total. The SMILES string of the molecule is OC[C@H]1OC[C@@H](O)[C@@H](OC2=NC2)[C@@H]1O. The summed E-state index contributed by atoms with van der Waals surface area (Å²) in [5, 5.41) is 28.0. The van der Waals surface area contributed by atoms with E-state index in [1.54, 1.807) is 0 Å². The van der Waals surface area contributed by atoms with Crippen molar-refractivity contribution < 1.29 is 24.8 Å².